The van der Waals surface area contributed by atoms with E-state index in [-0.39, 0.29) is 25.0 Å². The van der Waals surface area contributed by atoms with Gasteiger partial charge in [-0.15, -0.1) is 0 Å². The molecule has 1 unspecified atom stereocenters. The molecule has 0 bridgehead atoms. The van der Waals surface area contributed by atoms with Crippen LogP contribution in [0.5, 0.6) is 5.75 Å². The highest BCUT2D eigenvalue weighted by Gasteiger charge is 2.32. The van der Waals surface area contributed by atoms with Gasteiger partial charge in [0.05, 0.1) is 14.5 Å². The Hall–Kier alpha value is -2.25. The maximum atomic E-state index is 13.7. The third kappa shape index (κ3) is 8.92. The maximum Gasteiger partial charge on any atom is 0.261 e. The molecule has 0 aliphatic carbocycles. The van der Waals surface area contributed by atoms with Crippen molar-refractivity contribution in [2.24, 2.45) is 0 Å². The Labute approximate surface area is 241 Å². The second-order valence-electron chi connectivity index (χ2n) is 9.58. The monoisotopic (exact) mass is 624 g/mol. The van der Waals surface area contributed by atoms with E-state index in [1.165, 1.54) is 4.90 Å². The number of ether oxygens (including phenoxy) is 1. The number of amides is 2. The summed E-state index contributed by atoms with van der Waals surface area (Å²) in [7, 11) is 0. The van der Waals surface area contributed by atoms with Crippen LogP contribution in [0.4, 0.5) is 0 Å². The minimum absolute atomic E-state index is 0.135. The molecule has 1 N–H and O–H groups in total. The van der Waals surface area contributed by atoms with Gasteiger partial charge in [-0.2, -0.15) is 0 Å². The molecule has 2 amide bonds. The number of carbonyl (C=O) groups excluding carboxylic acids is 2. The molecule has 0 aromatic heterocycles. The fourth-order valence-corrected chi connectivity index (χ4v) is 4.77. The van der Waals surface area contributed by atoms with Crippen LogP contribution in [0.25, 0.3) is 0 Å². The van der Waals surface area contributed by atoms with E-state index in [0.717, 1.165) is 11.1 Å². The van der Waals surface area contributed by atoms with Crippen molar-refractivity contribution in [1.82, 2.24) is 10.2 Å². The van der Waals surface area contributed by atoms with Crippen LogP contribution in [0.1, 0.15) is 31.9 Å². The van der Waals surface area contributed by atoms with Gasteiger partial charge in [0.25, 0.3) is 5.91 Å². The van der Waals surface area contributed by atoms with Crippen molar-refractivity contribution >= 4 is 62.5 Å². The summed E-state index contributed by atoms with van der Waals surface area (Å²) in [6.07, 6.45) is 0.320. The molecule has 3 aromatic carbocycles. The Bertz CT molecular complexity index is 1250. The third-order valence-corrected chi connectivity index (χ3v) is 6.95. The number of hydrogen-bond acceptors (Lipinski definition) is 3. The van der Waals surface area contributed by atoms with Gasteiger partial charge in [0.2, 0.25) is 5.91 Å². The zero-order valence-corrected chi connectivity index (χ0v) is 24.6. The molecule has 0 spiro atoms. The van der Waals surface area contributed by atoms with Gasteiger partial charge in [0.15, 0.2) is 6.61 Å². The number of benzene rings is 3. The lowest BCUT2D eigenvalue weighted by molar-refractivity contribution is -0.143. The van der Waals surface area contributed by atoms with E-state index in [9.17, 15) is 9.59 Å². The number of nitrogens with zero attached hydrogens (tertiary/aromatic N) is 1. The van der Waals surface area contributed by atoms with Gasteiger partial charge in [-0.05, 0) is 78.2 Å². The van der Waals surface area contributed by atoms with E-state index in [4.69, 9.17) is 39.5 Å². The van der Waals surface area contributed by atoms with Crippen molar-refractivity contribution in [2.45, 2.75) is 45.3 Å². The van der Waals surface area contributed by atoms with Crippen LogP contribution in [-0.4, -0.2) is 34.9 Å². The molecule has 1 atom stereocenters. The molecule has 0 aliphatic heterocycles. The fraction of sp³-hybridized carbons (Fsp3) is 0.286. The first-order valence-electron chi connectivity index (χ1n) is 11.6. The Morgan fingerprint density at radius 3 is 2.27 bits per heavy atom. The summed E-state index contributed by atoms with van der Waals surface area (Å²) in [5.74, 6) is -0.165. The van der Waals surface area contributed by atoms with E-state index >= 15 is 0 Å². The van der Waals surface area contributed by atoms with Gasteiger partial charge in [0, 0.05) is 23.5 Å². The molecule has 9 heteroatoms. The zero-order valence-electron chi connectivity index (χ0n) is 20.7. The van der Waals surface area contributed by atoms with Gasteiger partial charge in [0.1, 0.15) is 11.8 Å². The predicted octanol–water partition coefficient (Wildman–Crippen LogP) is 7.34. The fourth-order valence-electron chi connectivity index (χ4n) is 3.66. The van der Waals surface area contributed by atoms with Gasteiger partial charge in [-0.1, -0.05) is 71.2 Å². The van der Waals surface area contributed by atoms with Crippen LogP contribution >= 0.6 is 50.7 Å². The van der Waals surface area contributed by atoms with Crippen molar-refractivity contribution in [2.75, 3.05) is 6.61 Å². The van der Waals surface area contributed by atoms with Crippen molar-refractivity contribution in [3.8, 4) is 5.75 Å². The Morgan fingerprint density at radius 1 is 0.946 bits per heavy atom. The number of nitrogens with one attached hydrogen (secondary N) is 1. The highest BCUT2D eigenvalue weighted by molar-refractivity contribution is 9.10. The van der Waals surface area contributed by atoms with E-state index in [2.05, 4.69) is 21.2 Å². The Balaban J connectivity index is 1.96. The summed E-state index contributed by atoms with van der Waals surface area (Å²) in [6, 6.07) is 19.0. The van der Waals surface area contributed by atoms with Crippen LogP contribution in [0.2, 0.25) is 15.1 Å². The van der Waals surface area contributed by atoms with Crippen LogP contribution in [0, 0.1) is 0 Å². The Morgan fingerprint density at radius 2 is 1.65 bits per heavy atom. The van der Waals surface area contributed by atoms with E-state index < -0.39 is 11.6 Å². The third-order valence-electron chi connectivity index (χ3n) is 5.35. The second kappa shape index (κ2) is 13.0. The Kier molecular flexibility index (Phi) is 10.3. The highest BCUT2D eigenvalue weighted by Crippen LogP contribution is 2.28. The molecule has 0 heterocycles. The van der Waals surface area contributed by atoms with E-state index in [1.807, 2.05) is 51.1 Å². The zero-order chi connectivity index (χ0) is 27.2. The first-order chi connectivity index (χ1) is 17.4. The first-order valence-corrected chi connectivity index (χ1v) is 13.5. The lowest BCUT2D eigenvalue weighted by Crippen LogP contribution is -2.55. The average molecular weight is 627 g/mol. The SMILES string of the molecule is CC(C)(C)NC(=O)C(Cc1ccccc1)N(Cc1ccc(Cl)c(Cl)c1)C(=O)COc1ccc(Cl)cc1Br. The summed E-state index contributed by atoms with van der Waals surface area (Å²) in [5.41, 5.74) is 1.16. The van der Waals surface area contributed by atoms with Crippen molar-refractivity contribution < 1.29 is 14.3 Å². The standard InChI is InChI=1S/C28H28BrCl3N2O3/c1-28(2,3)33-27(36)24(14-18-7-5-4-6-8-18)34(16-19-9-11-22(31)23(32)13-19)26(35)17-37-25-12-10-20(30)15-21(25)29/h4-13,15,24H,14,16-17H2,1-3H3,(H,33,36). The van der Waals surface area contributed by atoms with Crippen molar-refractivity contribution in [3.63, 3.8) is 0 Å². The molecule has 5 nitrogen and oxygen atoms in total. The summed E-state index contributed by atoms with van der Waals surface area (Å²) >= 11 is 21.8. The van der Waals surface area contributed by atoms with Crippen LogP contribution in [0.3, 0.4) is 0 Å². The normalized spacial score (nSPS) is 12.1. The lowest BCUT2D eigenvalue weighted by atomic mass is 10.0. The highest BCUT2D eigenvalue weighted by atomic mass is 79.9. The summed E-state index contributed by atoms with van der Waals surface area (Å²) in [6.45, 7) is 5.55. The van der Waals surface area contributed by atoms with Crippen LogP contribution in [0.15, 0.2) is 71.2 Å². The molecule has 0 saturated heterocycles. The topological polar surface area (TPSA) is 58.6 Å². The quantitative estimate of drug-likeness (QED) is 0.270. The van der Waals surface area contributed by atoms with Crippen molar-refractivity contribution in [3.05, 3.63) is 97.4 Å². The summed E-state index contributed by atoms with van der Waals surface area (Å²) in [4.78, 5) is 28.8. The van der Waals surface area contributed by atoms with Gasteiger partial charge in [-0.25, -0.2) is 0 Å². The molecule has 196 valence electrons. The molecule has 0 fully saturated rings. The van der Waals surface area contributed by atoms with E-state index in [0.29, 0.717) is 31.7 Å². The molecule has 0 aliphatic rings. The number of hydrogen-bond donors (Lipinski definition) is 1. The second-order valence-corrected chi connectivity index (χ2v) is 11.7. The molecule has 0 radical (unpaired) electrons. The molecule has 37 heavy (non-hydrogen) atoms. The number of halogens is 4. The maximum absolute atomic E-state index is 13.7. The first kappa shape index (κ1) is 29.3. The van der Waals surface area contributed by atoms with Crippen LogP contribution in [-0.2, 0) is 22.6 Å². The largest absolute Gasteiger partial charge is 0.483 e. The van der Waals surface area contributed by atoms with E-state index in [1.54, 1.807) is 36.4 Å². The average Bonchev–Trinajstić information content (AvgIpc) is 2.82. The molecular formula is C28H28BrCl3N2O3. The smallest absolute Gasteiger partial charge is 0.261 e. The number of rotatable bonds is 9. The number of carbonyl (C=O) groups is 2. The predicted molar refractivity (Wildman–Crippen MR) is 153 cm³/mol. The lowest BCUT2D eigenvalue weighted by Gasteiger charge is -2.34. The molecule has 0 saturated carbocycles. The molecule has 3 aromatic rings. The van der Waals surface area contributed by atoms with Crippen molar-refractivity contribution in [1.29, 1.82) is 0 Å². The summed E-state index contributed by atoms with van der Waals surface area (Å²) < 4.78 is 6.44. The molecule has 3 rings (SSSR count). The van der Waals surface area contributed by atoms with Gasteiger partial charge < -0.3 is 15.0 Å². The minimum Gasteiger partial charge on any atom is -0.483 e. The summed E-state index contributed by atoms with van der Waals surface area (Å²) in [5, 5.41) is 4.34. The van der Waals surface area contributed by atoms with Gasteiger partial charge >= 0.3 is 0 Å². The van der Waals surface area contributed by atoms with Crippen LogP contribution < -0.4 is 10.1 Å². The van der Waals surface area contributed by atoms with Gasteiger partial charge in [-0.3, -0.25) is 9.59 Å². The minimum atomic E-state index is -0.805. The molecular weight excluding hydrogens is 599 g/mol.